The molecule has 0 aliphatic rings. The molecule has 0 radical (unpaired) electrons. The zero-order valence-electron chi connectivity index (χ0n) is 15.5. The van der Waals surface area contributed by atoms with Gasteiger partial charge in [-0.25, -0.2) is 9.82 Å². The maximum atomic E-state index is 13.5. The van der Waals surface area contributed by atoms with Crippen molar-refractivity contribution in [3.63, 3.8) is 0 Å². The lowest BCUT2D eigenvalue weighted by Crippen LogP contribution is -2.17. The summed E-state index contributed by atoms with van der Waals surface area (Å²) in [5, 5.41) is 21.6. The Bertz CT molecular complexity index is 1220. The van der Waals surface area contributed by atoms with Crippen LogP contribution in [0.5, 0.6) is 5.75 Å². The third-order valence-corrected chi connectivity index (χ3v) is 4.23. The SMILES string of the molecule is O=C(N/N=C/c1ccccc1F)c1ccc(-c2nnc(-c3ccccc3O)o2)cc1. The Morgan fingerprint density at radius 1 is 0.967 bits per heavy atom. The summed E-state index contributed by atoms with van der Waals surface area (Å²) in [6.07, 6.45) is 1.24. The third-order valence-electron chi connectivity index (χ3n) is 4.23. The highest BCUT2D eigenvalue weighted by Gasteiger charge is 2.14. The average Bonchev–Trinajstić information content (AvgIpc) is 3.25. The quantitative estimate of drug-likeness (QED) is 0.388. The highest BCUT2D eigenvalue weighted by molar-refractivity contribution is 5.95. The lowest BCUT2D eigenvalue weighted by Gasteiger charge is -2.01. The van der Waals surface area contributed by atoms with Gasteiger partial charge in [-0.15, -0.1) is 10.2 Å². The van der Waals surface area contributed by atoms with Crippen molar-refractivity contribution in [2.24, 2.45) is 5.10 Å². The fraction of sp³-hybridized carbons (Fsp3) is 0. The standard InChI is InChI=1S/C22H15FN4O3/c23-18-7-3-1-5-16(18)13-24-25-20(29)14-9-11-15(12-10-14)21-26-27-22(30-21)17-6-2-4-8-19(17)28/h1-13,28H,(H,25,29)/b24-13+. The first-order valence-electron chi connectivity index (χ1n) is 8.92. The summed E-state index contributed by atoms with van der Waals surface area (Å²) in [6.45, 7) is 0. The van der Waals surface area contributed by atoms with Crippen molar-refractivity contribution in [1.82, 2.24) is 15.6 Å². The predicted molar refractivity (Wildman–Crippen MR) is 108 cm³/mol. The summed E-state index contributed by atoms with van der Waals surface area (Å²) in [5.74, 6) is -0.405. The van der Waals surface area contributed by atoms with Crippen LogP contribution < -0.4 is 5.43 Å². The van der Waals surface area contributed by atoms with E-state index in [2.05, 4.69) is 20.7 Å². The minimum absolute atomic E-state index is 0.0376. The van der Waals surface area contributed by atoms with Gasteiger partial charge in [-0.1, -0.05) is 30.3 Å². The van der Waals surface area contributed by atoms with Crippen molar-refractivity contribution in [1.29, 1.82) is 0 Å². The second-order valence-electron chi connectivity index (χ2n) is 6.23. The van der Waals surface area contributed by atoms with Crippen molar-refractivity contribution < 1.29 is 18.7 Å². The first-order chi connectivity index (χ1) is 14.6. The molecular formula is C22H15FN4O3. The molecule has 2 N–H and O–H groups in total. The van der Waals surface area contributed by atoms with E-state index in [1.807, 2.05) is 0 Å². The Kier molecular flexibility index (Phi) is 5.29. The maximum absolute atomic E-state index is 13.5. The summed E-state index contributed by atoms with van der Waals surface area (Å²) < 4.78 is 19.2. The molecule has 0 spiro atoms. The number of aromatic nitrogens is 2. The Morgan fingerprint density at radius 3 is 2.43 bits per heavy atom. The number of nitrogens with zero attached hydrogens (tertiary/aromatic N) is 3. The lowest BCUT2D eigenvalue weighted by atomic mass is 10.1. The smallest absolute Gasteiger partial charge is 0.271 e. The lowest BCUT2D eigenvalue weighted by molar-refractivity contribution is 0.0955. The summed E-state index contributed by atoms with van der Waals surface area (Å²) in [4.78, 5) is 12.2. The van der Waals surface area contributed by atoms with Crippen molar-refractivity contribution in [3.05, 3.63) is 89.7 Å². The van der Waals surface area contributed by atoms with Crippen LogP contribution in [0.3, 0.4) is 0 Å². The summed E-state index contributed by atoms with van der Waals surface area (Å²) in [5.41, 5.74) is 4.01. The van der Waals surface area contributed by atoms with Gasteiger partial charge < -0.3 is 9.52 Å². The number of para-hydroxylation sites is 1. The molecule has 0 unspecified atom stereocenters. The van der Waals surface area contributed by atoms with Crippen LogP contribution >= 0.6 is 0 Å². The number of benzene rings is 3. The van der Waals surface area contributed by atoms with Gasteiger partial charge in [-0.05, 0) is 42.5 Å². The predicted octanol–water partition coefficient (Wildman–Crippen LogP) is 4.01. The van der Waals surface area contributed by atoms with Crippen LogP contribution in [0.2, 0.25) is 0 Å². The molecule has 8 heteroatoms. The van der Waals surface area contributed by atoms with E-state index in [-0.39, 0.29) is 23.1 Å². The Morgan fingerprint density at radius 2 is 1.67 bits per heavy atom. The summed E-state index contributed by atoms with van der Waals surface area (Å²) in [7, 11) is 0. The minimum Gasteiger partial charge on any atom is -0.507 e. The van der Waals surface area contributed by atoms with Gasteiger partial charge in [0.05, 0.1) is 11.8 Å². The molecule has 1 heterocycles. The van der Waals surface area contributed by atoms with Gasteiger partial charge in [0.2, 0.25) is 5.89 Å². The van der Waals surface area contributed by atoms with Crippen LogP contribution in [0.15, 0.2) is 82.3 Å². The van der Waals surface area contributed by atoms with E-state index in [9.17, 15) is 14.3 Å². The van der Waals surface area contributed by atoms with Crippen LogP contribution in [0.4, 0.5) is 4.39 Å². The second-order valence-corrected chi connectivity index (χ2v) is 6.23. The topological polar surface area (TPSA) is 101 Å². The van der Waals surface area contributed by atoms with E-state index in [1.165, 1.54) is 18.3 Å². The molecule has 3 aromatic carbocycles. The van der Waals surface area contributed by atoms with Crippen LogP contribution in [0.1, 0.15) is 15.9 Å². The summed E-state index contributed by atoms with van der Waals surface area (Å²) in [6, 6.07) is 19.2. The van der Waals surface area contributed by atoms with Gasteiger partial charge in [0.25, 0.3) is 11.8 Å². The van der Waals surface area contributed by atoms with E-state index in [1.54, 1.807) is 60.7 Å². The van der Waals surface area contributed by atoms with Crippen LogP contribution in [-0.2, 0) is 0 Å². The largest absolute Gasteiger partial charge is 0.507 e. The van der Waals surface area contributed by atoms with Crippen LogP contribution in [-0.4, -0.2) is 27.4 Å². The zero-order valence-corrected chi connectivity index (χ0v) is 15.5. The van der Waals surface area contributed by atoms with Crippen molar-refractivity contribution in [2.75, 3.05) is 0 Å². The second kappa shape index (κ2) is 8.36. The average molecular weight is 402 g/mol. The number of carbonyl (C=O) groups is 1. The molecule has 4 aromatic rings. The highest BCUT2D eigenvalue weighted by atomic mass is 19.1. The molecule has 0 atom stereocenters. The van der Waals surface area contributed by atoms with Crippen molar-refractivity contribution >= 4 is 12.1 Å². The number of amides is 1. The van der Waals surface area contributed by atoms with Crippen LogP contribution in [0.25, 0.3) is 22.9 Å². The highest BCUT2D eigenvalue weighted by Crippen LogP contribution is 2.29. The number of hydrogen-bond acceptors (Lipinski definition) is 6. The van der Waals surface area contributed by atoms with Gasteiger partial charge in [0, 0.05) is 16.7 Å². The number of carbonyl (C=O) groups excluding carboxylic acids is 1. The minimum atomic E-state index is -0.449. The van der Waals surface area contributed by atoms with Crippen molar-refractivity contribution in [2.45, 2.75) is 0 Å². The number of hydrogen-bond donors (Lipinski definition) is 2. The number of halogens is 1. The van der Waals surface area contributed by atoms with Crippen LogP contribution in [0, 0.1) is 5.82 Å². The molecule has 0 aliphatic carbocycles. The number of hydrazone groups is 1. The number of aromatic hydroxyl groups is 1. The molecule has 7 nitrogen and oxygen atoms in total. The Balaban J connectivity index is 1.45. The molecule has 1 amide bonds. The number of rotatable bonds is 5. The first-order valence-corrected chi connectivity index (χ1v) is 8.92. The van der Waals surface area contributed by atoms with Gasteiger partial charge in [0.15, 0.2) is 0 Å². The van der Waals surface area contributed by atoms with E-state index >= 15 is 0 Å². The molecule has 4 rings (SSSR count). The molecule has 0 bridgehead atoms. The van der Waals surface area contributed by atoms with Gasteiger partial charge >= 0.3 is 0 Å². The zero-order chi connectivity index (χ0) is 20.9. The molecule has 0 saturated heterocycles. The summed E-state index contributed by atoms with van der Waals surface area (Å²) >= 11 is 0. The number of nitrogens with one attached hydrogen (secondary N) is 1. The molecule has 148 valence electrons. The van der Waals surface area contributed by atoms with E-state index in [4.69, 9.17) is 4.42 Å². The molecule has 0 aliphatic heterocycles. The monoisotopic (exact) mass is 402 g/mol. The van der Waals surface area contributed by atoms with E-state index in [0.717, 1.165) is 0 Å². The van der Waals surface area contributed by atoms with Gasteiger partial charge in [-0.3, -0.25) is 4.79 Å². The third kappa shape index (κ3) is 4.07. The van der Waals surface area contributed by atoms with E-state index < -0.39 is 11.7 Å². The van der Waals surface area contributed by atoms with Crippen molar-refractivity contribution in [3.8, 4) is 28.7 Å². The Hall–Kier alpha value is -4.33. The van der Waals surface area contributed by atoms with E-state index in [0.29, 0.717) is 16.7 Å². The maximum Gasteiger partial charge on any atom is 0.271 e. The molecule has 0 fully saturated rings. The molecule has 1 aromatic heterocycles. The fourth-order valence-electron chi connectivity index (χ4n) is 2.67. The first kappa shape index (κ1) is 19.0. The van der Waals surface area contributed by atoms with Gasteiger partial charge in [-0.2, -0.15) is 5.10 Å². The normalized spacial score (nSPS) is 11.0. The molecule has 30 heavy (non-hydrogen) atoms. The molecular weight excluding hydrogens is 387 g/mol. The number of phenolic OH excluding ortho intramolecular Hbond substituents is 1. The fourth-order valence-corrected chi connectivity index (χ4v) is 2.67. The Labute approximate surface area is 170 Å². The molecule has 0 saturated carbocycles. The van der Waals surface area contributed by atoms with Gasteiger partial charge in [0.1, 0.15) is 11.6 Å². The number of phenols is 1.